The van der Waals surface area contributed by atoms with Crippen molar-refractivity contribution in [3.05, 3.63) is 93.5 Å². The lowest BCUT2D eigenvalue weighted by Gasteiger charge is -2.12. The molecule has 0 saturated carbocycles. The van der Waals surface area contributed by atoms with E-state index in [1.54, 1.807) is 54.6 Å². The smallest absolute Gasteiger partial charge is 0.310 e. The molecular weight excluding hydrogens is 410 g/mol. The van der Waals surface area contributed by atoms with E-state index in [2.05, 4.69) is 10.6 Å². The van der Waals surface area contributed by atoms with E-state index < -0.39 is 23.3 Å². The van der Waals surface area contributed by atoms with Gasteiger partial charge in [0.2, 0.25) is 0 Å². The number of rotatable bonds is 7. The van der Waals surface area contributed by atoms with Gasteiger partial charge in [0.05, 0.1) is 16.2 Å². The Hall–Kier alpha value is -3.91. The van der Waals surface area contributed by atoms with Gasteiger partial charge in [-0.05, 0) is 42.5 Å². The van der Waals surface area contributed by atoms with Crippen LogP contribution in [0.3, 0.4) is 0 Å². The molecule has 0 saturated heterocycles. The average Bonchev–Trinajstić information content (AvgIpc) is 2.74. The number of carbonyl (C=O) groups is 2. The highest BCUT2D eigenvalue weighted by atomic mass is 35.5. The summed E-state index contributed by atoms with van der Waals surface area (Å²) >= 11 is 5.84. The number of anilines is 2. The van der Waals surface area contributed by atoms with E-state index in [1.165, 1.54) is 18.2 Å². The summed E-state index contributed by atoms with van der Waals surface area (Å²) in [7, 11) is 0. The molecule has 152 valence electrons. The van der Waals surface area contributed by atoms with Crippen LogP contribution in [-0.2, 0) is 4.79 Å². The number of ether oxygens (including phenoxy) is 1. The highest BCUT2D eigenvalue weighted by Gasteiger charge is 2.17. The first-order valence-electron chi connectivity index (χ1n) is 8.76. The number of carbonyl (C=O) groups excluding carboxylic acids is 2. The van der Waals surface area contributed by atoms with Gasteiger partial charge in [-0.1, -0.05) is 35.9 Å². The van der Waals surface area contributed by atoms with Gasteiger partial charge in [-0.2, -0.15) is 0 Å². The Morgan fingerprint density at radius 1 is 0.933 bits per heavy atom. The van der Waals surface area contributed by atoms with Crippen LogP contribution in [0.1, 0.15) is 10.4 Å². The zero-order chi connectivity index (χ0) is 21.5. The molecule has 2 N–H and O–H groups in total. The van der Waals surface area contributed by atoms with Crippen molar-refractivity contribution in [1.82, 2.24) is 0 Å². The molecule has 0 aliphatic rings. The number of benzene rings is 3. The second-order valence-corrected chi connectivity index (χ2v) is 6.50. The maximum atomic E-state index is 12.6. The van der Waals surface area contributed by atoms with Crippen LogP contribution in [0.25, 0.3) is 0 Å². The molecule has 0 aliphatic carbocycles. The molecule has 9 heteroatoms. The molecule has 2 amide bonds. The lowest BCUT2D eigenvalue weighted by atomic mass is 10.1. The van der Waals surface area contributed by atoms with Crippen molar-refractivity contribution < 1.29 is 19.2 Å². The summed E-state index contributed by atoms with van der Waals surface area (Å²) in [4.78, 5) is 35.3. The third-order valence-electron chi connectivity index (χ3n) is 3.97. The van der Waals surface area contributed by atoms with Crippen molar-refractivity contribution >= 4 is 40.5 Å². The Morgan fingerprint density at radius 3 is 2.33 bits per heavy atom. The van der Waals surface area contributed by atoms with Gasteiger partial charge in [-0.25, -0.2) is 0 Å². The summed E-state index contributed by atoms with van der Waals surface area (Å²) in [6.07, 6.45) is 0. The number of nitrogens with one attached hydrogen (secondary N) is 2. The van der Waals surface area contributed by atoms with Gasteiger partial charge in [0.1, 0.15) is 0 Å². The standard InChI is InChI=1S/C21H16ClN3O5/c22-14-9-11-15(12-10-14)23-21(27)16-5-1-2-6-17(16)24-20(26)13-30-19-8-4-3-7-18(19)25(28)29/h1-12H,13H2,(H,23,27)(H,24,26). The fourth-order valence-corrected chi connectivity index (χ4v) is 2.71. The topological polar surface area (TPSA) is 111 Å². The summed E-state index contributed by atoms with van der Waals surface area (Å²) in [5.41, 5.74) is 0.824. The molecular formula is C21H16ClN3O5. The van der Waals surface area contributed by atoms with Crippen molar-refractivity contribution in [2.24, 2.45) is 0 Å². The first-order chi connectivity index (χ1) is 14.4. The molecule has 0 bridgehead atoms. The summed E-state index contributed by atoms with van der Waals surface area (Å²) < 4.78 is 5.27. The molecule has 3 rings (SSSR count). The summed E-state index contributed by atoms with van der Waals surface area (Å²) in [6.45, 7) is -0.460. The predicted octanol–water partition coefficient (Wildman–Crippen LogP) is 4.52. The van der Waals surface area contributed by atoms with Gasteiger partial charge >= 0.3 is 5.69 Å². The van der Waals surface area contributed by atoms with Crippen LogP contribution in [0, 0.1) is 10.1 Å². The van der Waals surface area contributed by atoms with Crippen LogP contribution >= 0.6 is 11.6 Å². The van der Waals surface area contributed by atoms with E-state index in [1.807, 2.05) is 0 Å². The van der Waals surface area contributed by atoms with Crippen LogP contribution in [0.5, 0.6) is 5.75 Å². The SMILES string of the molecule is O=C(COc1ccccc1[N+](=O)[O-])Nc1ccccc1C(=O)Nc1ccc(Cl)cc1. The first-order valence-corrected chi connectivity index (χ1v) is 9.14. The van der Waals surface area contributed by atoms with Gasteiger partial charge in [0.15, 0.2) is 12.4 Å². The van der Waals surface area contributed by atoms with Crippen LogP contribution in [0.2, 0.25) is 5.02 Å². The zero-order valence-corrected chi connectivity index (χ0v) is 16.3. The lowest BCUT2D eigenvalue weighted by Crippen LogP contribution is -2.23. The fraction of sp³-hybridized carbons (Fsp3) is 0.0476. The lowest BCUT2D eigenvalue weighted by molar-refractivity contribution is -0.385. The molecule has 8 nitrogen and oxygen atoms in total. The molecule has 3 aromatic carbocycles. The fourth-order valence-electron chi connectivity index (χ4n) is 2.58. The van der Waals surface area contributed by atoms with Crippen LogP contribution in [-0.4, -0.2) is 23.3 Å². The van der Waals surface area contributed by atoms with E-state index in [9.17, 15) is 19.7 Å². The first kappa shape index (κ1) is 20.8. The van der Waals surface area contributed by atoms with Crippen molar-refractivity contribution in [2.45, 2.75) is 0 Å². The van der Waals surface area contributed by atoms with Gasteiger partial charge in [-0.15, -0.1) is 0 Å². The van der Waals surface area contributed by atoms with Crippen molar-refractivity contribution in [2.75, 3.05) is 17.2 Å². The highest BCUT2D eigenvalue weighted by Crippen LogP contribution is 2.26. The number of nitro benzene ring substituents is 1. The zero-order valence-electron chi connectivity index (χ0n) is 15.5. The number of nitrogens with zero attached hydrogens (tertiary/aromatic N) is 1. The van der Waals surface area contributed by atoms with Crippen LogP contribution in [0.15, 0.2) is 72.8 Å². The van der Waals surface area contributed by atoms with E-state index in [0.717, 1.165) is 0 Å². The number of nitro groups is 1. The largest absolute Gasteiger partial charge is 0.477 e. The van der Waals surface area contributed by atoms with Gasteiger partial charge in [0, 0.05) is 16.8 Å². The Kier molecular flexibility index (Phi) is 6.61. The average molecular weight is 426 g/mol. The quantitative estimate of drug-likeness (QED) is 0.427. The predicted molar refractivity (Wildman–Crippen MR) is 113 cm³/mol. The molecule has 0 spiro atoms. The molecule has 0 heterocycles. The monoisotopic (exact) mass is 425 g/mol. The third kappa shape index (κ3) is 5.33. The molecule has 0 unspecified atom stereocenters. The Labute approximate surface area is 176 Å². The molecule has 0 aliphatic heterocycles. The molecule has 3 aromatic rings. The van der Waals surface area contributed by atoms with Crippen LogP contribution in [0.4, 0.5) is 17.1 Å². The number of hydrogen-bond donors (Lipinski definition) is 2. The van der Waals surface area contributed by atoms with Crippen molar-refractivity contribution in [1.29, 1.82) is 0 Å². The third-order valence-corrected chi connectivity index (χ3v) is 4.22. The van der Waals surface area contributed by atoms with Crippen LogP contribution < -0.4 is 15.4 Å². The maximum absolute atomic E-state index is 12.6. The number of para-hydroxylation sites is 3. The Bertz CT molecular complexity index is 1090. The van der Waals surface area contributed by atoms with E-state index in [0.29, 0.717) is 10.7 Å². The maximum Gasteiger partial charge on any atom is 0.310 e. The van der Waals surface area contributed by atoms with Crippen molar-refractivity contribution in [3.8, 4) is 5.75 Å². The summed E-state index contributed by atoms with van der Waals surface area (Å²) in [5.74, 6) is -1.01. The van der Waals surface area contributed by atoms with E-state index in [-0.39, 0.29) is 22.7 Å². The Balaban J connectivity index is 1.67. The van der Waals surface area contributed by atoms with Crippen molar-refractivity contribution in [3.63, 3.8) is 0 Å². The molecule has 0 aromatic heterocycles. The minimum absolute atomic E-state index is 0.0218. The minimum Gasteiger partial charge on any atom is -0.477 e. The molecule has 0 atom stereocenters. The Morgan fingerprint density at radius 2 is 1.60 bits per heavy atom. The van der Waals surface area contributed by atoms with Gasteiger partial charge < -0.3 is 15.4 Å². The number of halogens is 1. The molecule has 0 fully saturated rings. The summed E-state index contributed by atoms with van der Waals surface area (Å²) in [5, 5.41) is 16.9. The molecule has 30 heavy (non-hydrogen) atoms. The highest BCUT2D eigenvalue weighted by molar-refractivity contribution is 6.30. The van der Waals surface area contributed by atoms with E-state index in [4.69, 9.17) is 16.3 Å². The summed E-state index contributed by atoms with van der Waals surface area (Å²) in [6, 6.07) is 18.8. The number of hydrogen-bond acceptors (Lipinski definition) is 5. The normalized spacial score (nSPS) is 10.2. The second kappa shape index (κ2) is 9.53. The number of amides is 2. The second-order valence-electron chi connectivity index (χ2n) is 6.07. The van der Waals surface area contributed by atoms with Gasteiger partial charge in [-0.3, -0.25) is 19.7 Å². The molecule has 0 radical (unpaired) electrons. The van der Waals surface area contributed by atoms with E-state index >= 15 is 0 Å². The van der Waals surface area contributed by atoms with Gasteiger partial charge in [0.25, 0.3) is 11.8 Å². The minimum atomic E-state index is -0.594.